The molecule has 1 aliphatic carbocycles. The third kappa shape index (κ3) is 5.35. The molecular weight excluding hydrogens is 379 g/mol. The Morgan fingerprint density at radius 1 is 1.43 bits per heavy atom. The fourth-order valence-corrected chi connectivity index (χ4v) is 2.33. The molecule has 0 saturated heterocycles. The lowest BCUT2D eigenvalue weighted by atomic mass is 10.2. The third-order valence-corrected chi connectivity index (χ3v) is 3.65. The molecular formula is C15H25IN4O. The largest absolute Gasteiger partial charge is 0.495 e. The quantitative estimate of drug-likeness (QED) is 0.434. The number of para-hydroxylation sites is 2. The number of nitrogens with one attached hydrogen (secondary N) is 1. The molecule has 0 radical (unpaired) electrons. The Kier molecular flexibility index (Phi) is 7.24. The van der Waals surface area contributed by atoms with Crippen molar-refractivity contribution in [2.45, 2.75) is 18.9 Å². The average Bonchev–Trinajstić information content (AvgIpc) is 3.24. The highest BCUT2D eigenvalue weighted by Crippen LogP contribution is 2.34. The third-order valence-electron chi connectivity index (χ3n) is 3.65. The van der Waals surface area contributed by atoms with Gasteiger partial charge in [-0.25, -0.2) is 0 Å². The second kappa shape index (κ2) is 8.43. The molecule has 118 valence electrons. The summed E-state index contributed by atoms with van der Waals surface area (Å²) in [6.07, 6.45) is 2.61. The van der Waals surface area contributed by atoms with Gasteiger partial charge in [0.25, 0.3) is 0 Å². The van der Waals surface area contributed by atoms with Gasteiger partial charge in [-0.15, -0.1) is 24.0 Å². The fourth-order valence-electron chi connectivity index (χ4n) is 2.33. The van der Waals surface area contributed by atoms with Crippen molar-refractivity contribution in [3.63, 3.8) is 0 Å². The van der Waals surface area contributed by atoms with E-state index in [-0.39, 0.29) is 24.0 Å². The number of ether oxygens (including phenoxy) is 1. The van der Waals surface area contributed by atoms with Crippen molar-refractivity contribution >= 4 is 35.6 Å². The van der Waals surface area contributed by atoms with Crippen LogP contribution in [0.25, 0.3) is 0 Å². The van der Waals surface area contributed by atoms with E-state index in [0.29, 0.717) is 12.0 Å². The van der Waals surface area contributed by atoms with Gasteiger partial charge in [-0.05, 0) is 45.0 Å². The Hall–Kier alpha value is -1.02. The summed E-state index contributed by atoms with van der Waals surface area (Å²) in [5, 5.41) is 3.10. The van der Waals surface area contributed by atoms with Crippen LogP contribution in [-0.4, -0.2) is 44.7 Å². The van der Waals surface area contributed by atoms with Gasteiger partial charge in [-0.3, -0.25) is 4.99 Å². The maximum Gasteiger partial charge on any atom is 0.193 e. The van der Waals surface area contributed by atoms with E-state index in [0.717, 1.165) is 23.9 Å². The topological polar surface area (TPSA) is 62.9 Å². The molecule has 1 aromatic rings. The summed E-state index contributed by atoms with van der Waals surface area (Å²) in [5.74, 6) is 1.96. The Bertz CT molecular complexity index is 472. The maximum atomic E-state index is 5.96. The lowest BCUT2D eigenvalue weighted by molar-refractivity contribution is 0.271. The second-order valence-corrected chi connectivity index (χ2v) is 5.42. The Morgan fingerprint density at radius 3 is 2.67 bits per heavy atom. The van der Waals surface area contributed by atoms with E-state index in [1.807, 2.05) is 24.3 Å². The molecule has 2 rings (SSSR count). The standard InChI is InChI=1S/C15H24N4O.HI/c1-19(2)13(11-8-9-11)10-17-15(16)18-12-6-4-5-7-14(12)20-3;/h4-7,11,13H,8-10H2,1-3H3,(H3,16,17,18);1H. The van der Waals surface area contributed by atoms with Gasteiger partial charge in [0.15, 0.2) is 5.96 Å². The van der Waals surface area contributed by atoms with Crippen molar-refractivity contribution in [2.75, 3.05) is 33.1 Å². The molecule has 21 heavy (non-hydrogen) atoms. The lowest BCUT2D eigenvalue weighted by Gasteiger charge is -2.22. The van der Waals surface area contributed by atoms with Gasteiger partial charge in [0.05, 0.1) is 19.3 Å². The molecule has 1 atom stereocenters. The van der Waals surface area contributed by atoms with E-state index >= 15 is 0 Å². The van der Waals surface area contributed by atoms with Crippen LogP contribution in [-0.2, 0) is 0 Å². The van der Waals surface area contributed by atoms with Crippen molar-refractivity contribution in [1.29, 1.82) is 0 Å². The fraction of sp³-hybridized carbons (Fsp3) is 0.533. The molecule has 0 aromatic heterocycles. The molecule has 1 aliphatic rings. The molecule has 1 saturated carbocycles. The van der Waals surface area contributed by atoms with Gasteiger partial charge in [-0.1, -0.05) is 12.1 Å². The van der Waals surface area contributed by atoms with Gasteiger partial charge >= 0.3 is 0 Å². The first-order valence-corrected chi connectivity index (χ1v) is 6.98. The number of rotatable bonds is 6. The summed E-state index contributed by atoms with van der Waals surface area (Å²) >= 11 is 0. The van der Waals surface area contributed by atoms with E-state index in [2.05, 4.69) is 29.3 Å². The molecule has 0 aliphatic heterocycles. The number of halogens is 1. The van der Waals surface area contributed by atoms with Gasteiger partial charge < -0.3 is 20.7 Å². The molecule has 0 bridgehead atoms. The number of methoxy groups -OCH3 is 1. The first-order chi connectivity index (χ1) is 9.61. The summed E-state index contributed by atoms with van der Waals surface area (Å²) in [6.45, 7) is 0.728. The molecule has 1 aromatic carbocycles. The van der Waals surface area contributed by atoms with Crippen LogP contribution < -0.4 is 15.8 Å². The van der Waals surface area contributed by atoms with Crippen LogP contribution in [0.15, 0.2) is 29.3 Å². The molecule has 1 unspecified atom stereocenters. The van der Waals surface area contributed by atoms with Crippen LogP contribution in [0.4, 0.5) is 5.69 Å². The van der Waals surface area contributed by atoms with Crippen molar-refractivity contribution in [3.05, 3.63) is 24.3 Å². The monoisotopic (exact) mass is 404 g/mol. The molecule has 5 nitrogen and oxygen atoms in total. The zero-order chi connectivity index (χ0) is 14.5. The van der Waals surface area contributed by atoms with Crippen LogP contribution in [0.1, 0.15) is 12.8 Å². The highest BCUT2D eigenvalue weighted by molar-refractivity contribution is 14.0. The number of guanidine groups is 1. The number of hydrogen-bond acceptors (Lipinski definition) is 3. The van der Waals surface area contributed by atoms with Crippen molar-refractivity contribution < 1.29 is 4.74 Å². The van der Waals surface area contributed by atoms with E-state index in [9.17, 15) is 0 Å². The number of nitrogens with zero attached hydrogens (tertiary/aromatic N) is 2. The lowest BCUT2D eigenvalue weighted by Crippen LogP contribution is -2.34. The molecule has 0 heterocycles. The highest BCUT2D eigenvalue weighted by Gasteiger charge is 2.32. The summed E-state index contributed by atoms with van der Waals surface area (Å²) in [6, 6.07) is 8.15. The number of hydrogen-bond donors (Lipinski definition) is 2. The number of anilines is 1. The van der Waals surface area contributed by atoms with E-state index in [1.165, 1.54) is 12.8 Å². The first kappa shape index (κ1) is 18.0. The van der Waals surface area contributed by atoms with E-state index in [1.54, 1.807) is 7.11 Å². The van der Waals surface area contributed by atoms with Crippen molar-refractivity contribution in [3.8, 4) is 5.75 Å². The van der Waals surface area contributed by atoms with E-state index < -0.39 is 0 Å². The smallest absolute Gasteiger partial charge is 0.193 e. The van der Waals surface area contributed by atoms with Crippen LogP contribution in [0.2, 0.25) is 0 Å². The molecule has 6 heteroatoms. The summed E-state index contributed by atoms with van der Waals surface area (Å²) in [4.78, 5) is 6.70. The van der Waals surface area contributed by atoms with Gasteiger partial charge in [0, 0.05) is 6.04 Å². The SMILES string of the molecule is COc1ccccc1NC(N)=NCC(C1CC1)N(C)C.I. The molecule has 0 spiro atoms. The predicted octanol–water partition coefficient (Wildman–Crippen LogP) is 2.38. The molecule has 1 fully saturated rings. The van der Waals surface area contributed by atoms with Crippen molar-refractivity contribution in [2.24, 2.45) is 16.6 Å². The summed E-state index contributed by atoms with van der Waals surface area (Å²) in [5.41, 5.74) is 6.80. The van der Waals surface area contributed by atoms with Crippen molar-refractivity contribution in [1.82, 2.24) is 4.90 Å². The second-order valence-electron chi connectivity index (χ2n) is 5.42. The Morgan fingerprint density at radius 2 is 2.10 bits per heavy atom. The van der Waals surface area contributed by atoms with Crippen LogP contribution in [0, 0.1) is 5.92 Å². The molecule has 0 amide bonds. The number of nitrogens with two attached hydrogens (primary N) is 1. The summed E-state index contributed by atoms with van der Waals surface area (Å²) < 4.78 is 5.28. The number of benzene rings is 1. The van der Waals surface area contributed by atoms with Crippen LogP contribution >= 0.6 is 24.0 Å². The first-order valence-electron chi connectivity index (χ1n) is 6.98. The minimum atomic E-state index is 0. The van der Waals surface area contributed by atoms with E-state index in [4.69, 9.17) is 10.5 Å². The zero-order valence-electron chi connectivity index (χ0n) is 12.9. The summed E-state index contributed by atoms with van der Waals surface area (Å²) in [7, 11) is 5.84. The van der Waals surface area contributed by atoms with Gasteiger partial charge in [-0.2, -0.15) is 0 Å². The molecule has 3 N–H and O–H groups in total. The Labute approximate surface area is 144 Å². The maximum absolute atomic E-state index is 5.96. The van der Waals surface area contributed by atoms with Crippen LogP contribution in [0.3, 0.4) is 0 Å². The van der Waals surface area contributed by atoms with Crippen LogP contribution in [0.5, 0.6) is 5.75 Å². The highest BCUT2D eigenvalue weighted by atomic mass is 127. The average molecular weight is 404 g/mol. The van der Waals surface area contributed by atoms with Gasteiger partial charge in [0.1, 0.15) is 5.75 Å². The predicted molar refractivity (Wildman–Crippen MR) is 98.7 cm³/mol. The Balaban J connectivity index is 0.00000220. The number of likely N-dealkylation sites (N-methyl/N-ethyl adjacent to an activating group) is 1. The zero-order valence-corrected chi connectivity index (χ0v) is 15.2. The normalized spacial score (nSPS) is 16.3. The number of aliphatic imine (C=N–C) groups is 1. The van der Waals surface area contributed by atoms with Gasteiger partial charge in [0.2, 0.25) is 0 Å². The minimum absolute atomic E-state index is 0. The minimum Gasteiger partial charge on any atom is -0.495 e.